The van der Waals surface area contributed by atoms with Crippen LogP contribution in [0.1, 0.15) is 12.0 Å². The van der Waals surface area contributed by atoms with Crippen molar-refractivity contribution in [1.82, 2.24) is 9.21 Å². The van der Waals surface area contributed by atoms with Crippen molar-refractivity contribution in [1.29, 1.82) is 0 Å². The molecule has 9 heteroatoms. The molecule has 1 saturated heterocycles. The highest BCUT2D eigenvalue weighted by Gasteiger charge is 2.33. The third kappa shape index (κ3) is 5.31. The smallest absolute Gasteiger partial charge is 0.289 e. The van der Waals surface area contributed by atoms with Gasteiger partial charge >= 0.3 is 0 Å². The molecule has 1 aliphatic rings. The maximum Gasteiger partial charge on any atom is 0.289 e. The summed E-state index contributed by atoms with van der Waals surface area (Å²) < 4.78 is 32.8. The van der Waals surface area contributed by atoms with Crippen molar-refractivity contribution >= 4 is 15.7 Å². The summed E-state index contributed by atoms with van der Waals surface area (Å²) >= 11 is 0. The Labute approximate surface area is 170 Å². The molecule has 2 aromatic rings. The highest BCUT2D eigenvalue weighted by molar-refractivity contribution is 7.89. The molecule has 1 aliphatic heterocycles. The van der Waals surface area contributed by atoms with Gasteiger partial charge in [0.15, 0.2) is 4.90 Å². The predicted molar refractivity (Wildman–Crippen MR) is 110 cm³/mol. The fourth-order valence-corrected chi connectivity index (χ4v) is 4.92. The maximum atomic E-state index is 12.8. The molecule has 156 valence electrons. The molecule has 0 aliphatic carbocycles. The van der Waals surface area contributed by atoms with E-state index < -0.39 is 14.9 Å². The van der Waals surface area contributed by atoms with Crippen LogP contribution in [0.4, 0.5) is 5.69 Å². The normalized spacial score (nSPS) is 15.9. The van der Waals surface area contributed by atoms with Gasteiger partial charge in [0.1, 0.15) is 5.75 Å². The lowest BCUT2D eigenvalue weighted by atomic mass is 10.2. The number of hydrogen-bond acceptors (Lipinski definition) is 6. The van der Waals surface area contributed by atoms with Crippen LogP contribution in [0.25, 0.3) is 0 Å². The lowest BCUT2D eigenvalue weighted by molar-refractivity contribution is -0.387. The second-order valence-electron chi connectivity index (χ2n) is 6.99. The van der Waals surface area contributed by atoms with Crippen LogP contribution in [0.3, 0.4) is 0 Å². The molecule has 0 saturated carbocycles. The maximum absolute atomic E-state index is 12.8. The van der Waals surface area contributed by atoms with E-state index in [1.807, 2.05) is 31.2 Å². The van der Waals surface area contributed by atoms with Gasteiger partial charge in [0, 0.05) is 38.8 Å². The molecule has 0 atom stereocenters. The van der Waals surface area contributed by atoms with E-state index in [2.05, 4.69) is 4.90 Å². The van der Waals surface area contributed by atoms with Crippen LogP contribution in [0, 0.1) is 17.0 Å². The molecule has 3 rings (SSSR count). The number of ether oxygens (including phenoxy) is 1. The van der Waals surface area contributed by atoms with Crippen molar-refractivity contribution in [3.8, 4) is 5.75 Å². The van der Waals surface area contributed by atoms with E-state index in [4.69, 9.17) is 4.74 Å². The fraction of sp³-hybridized carbons (Fsp3) is 0.400. The molecule has 8 nitrogen and oxygen atoms in total. The number of aryl methyl sites for hydroxylation is 1. The molecular formula is C20H25N3O5S. The molecular weight excluding hydrogens is 394 g/mol. The molecule has 0 unspecified atom stereocenters. The molecule has 0 radical (unpaired) electrons. The third-order valence-corrected chi connectivity index (χ3v) is 6.83. The van der Waals surface area contributed by atoms with Crippen molar-refractivity contribution in [2.75, 3.05) is 39.3 Å². The second kappa shape index (κ2) is 9.34. The highest BCUT2D eigenvalue weighted by Crippen LogP contribution is 2.26. The van der Waals surface area contributed by atoms with E-state index >= 15 is 0 Å². The van der Waals surface area contributed by atoms with Crippen LogP contribution in [0.15, 0.2) is 53.4 Å². The SMILES string of the molecule is Cc1cccc(OCCCN2CCN(S(=O)(=O)c3ccccc3[N+](=O)[O-])CC2)c1. The zero-order valence-electron chi connectivity index (χ0n) is 16.4. The number of hydrogen-bond donors (Lipinski definition) is 0. The lowest BCUT2D eigenvalue weighted by Crippen LogP contribution is -2.48. The monoisotopic (exact) mass is 419 g/mol. The Hall–Kier alpha value is -2.49. The molecule has 0 amide bonds. The van der Waals surface area contributed by atoms with Gasteiger partial charge in [0.25, 0.3) is 5.69 Å². The van der Waals surface area contributed by atoms with Crippen LogP contribution in [-0.4, -0.2) is 61.9 Å². The van der Waals surface area contributed by atoms with Crippen molar-refractivity contribution in [3.05, 3.63) is 64.2 Å². The van der Waals surface area contributed by atoms with Crippen LogP contribution < -0.4 is 4.74 Å². The van der Waals surface area contributed by atoms with E-state index in [1.165, 1.54) is 28.6 Å². The Morgan fingerprint density at radius 2 is 1.79 bits per heavy atom. The summed E-state index contributed by atoms with van der Waals surface area (Å²) in [5.41, 5.74) is 0.765. The first-order chi connectivity index (χ1) is 13.9. The zero-order chi connectivity index (χ0) is 20.9. The number of benzene rings is 2. The van der Waals surface area contributed by atoms with Gasteiger partial charge in [0.05, 0.1) is 11.5 Å². The van der Waals surface area contributed by atoms with Crippen LogP contribution >= 0.6 is 0 Å². The summed E-state index contributed by atoms with van der Waals surface area (Å²) in [6, 6.07) is 13.4. The molecule has 0 aromatic heterocycles. The van der Waals surface area contributed by atoms with Gasteiger partial charge in [0.2, 0.25) is 10.0 Å². The van der Waals surface area contributed by atoms with Crippen molar-refractivity contribution < 1.29 is 18.1 Å². The largest absolute Gasteiger partial charge is 0.494 e. The minimum atomic E-state index is -3.89. The number of nitro groups is 1. The number of para-hydroxylation sites is 1. The Bertz CT molecular complexity index is 956. The molecule has 29 heavy (non-hydrogen) atoms. The topological polar surface area (TPSA) is 93.0 Å². The highest BCUT2D eigenvalue weighted by atomic mass is 32.2. The summed E-state index contributed by atoms with van der Waals surface area (Å²) in [6.07, 6.45) is 0.838. The molecule has 0 spiro atoms. The van der Waals surface area contributed by atoms with E-state index in [0.717, 1.165) is 24.3 Å². The second-order valence-corrected chi connectivity index (χ2v) is 8.90. The van der Waals surface area contributed by atoms with Gasteiger partial charge in [-0.2, -0.15) is 4.31 Å². The van der Waals surface area contributed by atoms with Gasteiger partial charge in [-0.1, -0.05) is 24.3 Å². The molecule has 0 bridgehead atoms. The standard InChI is InChI=1S/C20H25N3O5S/c1-17-6-4-7-18(16-17)28-15-5-10-21-11-13-22(14-12-21)29(26,27)20-9-3-2-8-19(20)23(24)25/h2-4,6-9,16H,5,10-15H2,1H3. The minimum absolute atomic E-state index is 0.245. The summed E-state index contributed by atoms with van der Waals surface area (Å²) in [5.74, 6) is 0.852. The van der Waals surface area contributed by atoms with Crippen LogP contribution in [0.5, 0.6) is 5.75 Å². The third-order valence-electron chi connectivity index (χ3n) is 4.89. The Balaban J connectivity index is 1.49. The summed E-state index contributed by atoms with van der Waals surface area (Å²) in [6.45, 7) is 5.22. The number of rotatable bonds is 8. The summed E-state index contributed by atoms with van der Waals surface area (Å²) in [7, 11) is -3.89. The first kappa shape index (κ1) is 21.2. The average Bonchev–Trinajstić information content (AvgIpc) is 2.71. The molecule has 0 N–H and O–H groups in total. The quantitative estimate of drug-likeness (QED) is 0.371. The molecule has 1 heterocycles. The van der Waals surface area contributed by atoms with Crippen molar-refractivity contribution in [2.45, 2.75) is 18.2 Å². The Morgan fingerprint density at radius 3 is 2.48 bits per heavy atom. The lowest BCUT2D eigenvalue weighted by Gasteiger charge is -2.33. The van der Waals surface area contributed by atoms with E-state index in [1.54, 1.807) is 0 Å². The Kier molecular flexibility index (Phi) is 6.83. The van der Waals surface area contributed by atoms with Crippen LogP contribution in [0.2, 0.25) is 0 Å². The predicted octanol–water partition coefficient (Wildman–Crippen LogP) is 2.68. The zero-order valence-corrected chi connectivity index (χ0v) is 17.2. The molecule has 2 aromatic carbocycles. The minimum Gasteiger partial charge on any atom is -0.494 e. The number of nitro benzene ring substituents is 1. The first-order valence-electron chi connectivity index (χ1n) is 9.53. The van der Waals surface area contributed by atoms with Gasteiger partial charge in [-0.05, 0) is 37.1 Å². The summed E-state index contributed by atoms with van der Waals surface area (Å²) in [4.78, 5) is 12.5. The van der Waals surface area contributed by atoms with Gasteiger partial charge in [-0.15, -0.1) is 0 Å². The summed E-state index contributed by atoms with van der Waals surface area (Å²) in [5, 5.41) is 11.2. The number of sulfonamides is 1. The van der Waals surface area contributed by atoms with Crippen LogP contribution in [-0.2, 0) is 10.0 Å². The average molecular weight is 420 g/mol. The van der Waals surface area contributed by atoms with Crippen molar-refractivity contribution in [3.63, 3.8) is 0 Å². The van der Waals surface area contributed by atoms with Gasteiger partial charge in [-0.3, -0.25) is 10.1 Å². The van der Waals surface area contributed by atoms with Gasteiger partial charge in [-0.25, -0.2) is 8.42 Å². The fourth-order valence-electron chi connectivity index (χ4n) is 3.34. The first-order valence-corrected chi connectivity index (χ1v) is 11.0. The molecule has 1 fully saturated rings. The van der Waals surface area contributed by atoms with Crippen molar-refractivity contribution in [2.24, 2.45) is 0 Å². The number of piperazine rings is 1. The van der Waals surface area contributed by atoms with E-state index in [0.29, 0.717) is 32.8 Å². The number of nitrogens with zero attached hydrogens (tertiary/aromatic N) is 3. The van der Waals surface area contributed by atoms with Gasteiger partial charge < -0.3 is 9.64 Å². The van der Waals surface area contributed by atoms with E-state index in [-0.39, 0.29) is 10.6 Å². The van der Waals surface area contributed by atoms with E-state index in [9.17, 15) is 18.5 Å². The Morgan fingerprint density at radius 1 is 1.07 bits per heavy atom.